The van der Waals surface area contributed by atoms with E-state index in [4.69, 9.17) is 11.6 Å². The molecule has 1 aliphatic heterocycles. The second kappa shape index (κ2) is 2.47. The molecule has 1 atom stereocenters. The molecule has 1 unspecified atom stereocenters. The van der Waals surface area contributed by atoms with E-state index in [0.717, 1.165) is 12.4 Å². The fourth-order valence-electron chi connectivity index (χ4n) is 1.38. The Morgan fingerprint density at radius 1 is 1.67 bits per heavy atom. The van der Waals surface area contributed by atoms with Gasteiger partial charge in [0.1, 0.15) is 0 Å². The van der Waals surface area contributed by atoms with Crippen molar-refractivity contribution in [1.29, 1.82) is 0 Å². The van der Waals surface area contributed by atoms with Crippen molar-refractivity contribution in [2.75, 3.05) is 26.0 Å². The van der Waals surface area contributed by atoms with Gasteiger partial charge in [0.15, 0.2) is 0 Å². The minimum atomic E-state index is 0.399. The van der Waals surface area contributed by atoms with E-state index in [1.807, 2.05) is 0 Å². The van der Waals surface area contributed by atoms with Gasteiger partial charge >= 0.3 is 0 Å². The molecule has 0 aromatic carbocycles. The molecule has 9 heavy (non-hydrogen) atoms. The molecule has 0 bridgehead atoms. The van der Waals surface area contributed by atoms with Crippen LogP contribution >= 0.6 is 11.6 Å². The predicted octanol–water partition coefficient (Wildman–Crippen LogP) is 1.57. The Kier molecular flexibility index (Phi) is 2.02. The van der Waals surface area contributed by atoms with Gasteiger partial charge in [-0.1, -0.05) is 6.92 Å². The standard InChI is InChI=1S/C7H14ClN/c1-7(5-8)3-4-9(2)6-7/h3-6H2,1-2H3. The molecular weight excluding hydrogens is 134 g/mol. The van der Waals surface area contributed by atoms with Crippen molar-refractivity contribution in [2.24, 2.45) is 5.41 Å². The highest BCUT2D eigenvalue weighted by Crippen LogP contribution is 2.29. The third-order valence-corrected chi connectivity index (χ3v) is 2.72. The number of halogens is 1. The molecule has 1 saturated heterocycles. The monoisotopic (exact) mass is 147 g/mol. The fraction of sp³-hybridized carbons (Fsp3) is 1.00. The molecule has 54 valence electrons. The summed E-state index contributed by atoms with van der Waals surface area (Å²) in [4.78, 5) is 2.34. The molecule has 0 aromatic rings. The van der Waals surface area contributed by atoms with Crippen molar-refractivity contribution in [3.05, 3.63) is 0 Å². The van der Waals surface area contributed by atoms with E-state index in [9.17, 15) is 0 Å². The molecule has 2 heteroatoms. The van der Waals surface area contributed by atoms with Crippen LogP contribution < -0.4 is 0 Å². The Morgan fingerprint density at radius 3 is 2.56 bits per heavy atom. The molecule has 1 fully saturated rings. The third-order valence-electron chi connectivity index (χ3n) is 2.07. The van der Waals surface area contributed by atoms with Crippen LogP contribution in [0, 0.1) is 5.41 Å². The Morgan fingerprint density at radius 2 is 2.33 bits per heavy atom. The quantitative estimate of drug-likeness (QED) is 0.509. The van der Waals surface area contributed by atoms with E-state index in [0.29, 0.717) is 5.41 Å². The van der Waals surface area contributed by atoms with Crippen molar-refractivity contribution >= 4 is 11.6 Å². The van der Waals surface area contributed by atoms with Crippen LogP contribution in [0.15, 0.2) is 0 Å². The first-order chi connectivity index (χ1) is 4.16. The van der Waals surface area contributed by atoms with Gasteiger partial charge in [0, 0.05) is 12.4 Å². The lowest BCUT2D eigenvalue weighted by atomic mass is 9.93. The molecule has 1 nitrogen and oxygen atoms in total. The lowest BCUT2D eigenvalue weighted by Crippen LogP contribution is -2.22. The number of hydrogen-bond acceptors (Lipinski definition) is 1. The molecule has 0 spiro atoms. The van der Waals surface area contributed by atoms with Gasteiger partial charge in [0.25, 0.3) is 0 Å². The van der Waals surface area contributed by atoms with Crippen LogP contribution in [-0.2, 0) is 0 Å². The normalized spacial score (nSPS) is 37.7. The average Bonchev–Trinajstić information content (AvgIpc) is 2.13. The summed E-state index contributed by atoms with van der Waals surface area (Å²) in [6.45, 7) is 4.63. The number of likely N-dealkylation sites (tertiary alicyclic amines) is 1. The van der Waals surface area contributed by atoms with Crippen LogP contribution in [0.25, 0.3) is 0 Å². The van der Waals surface area contributed by atoms with Crippen molar-refractivity contribution in [3.8, 4) is 0 Å². The molecule has 0 radical (unpaired) electrons. The maximum atomic E-state index is 5.79. The van der Waals surface area contributed by atoms with Gasteiger partial charge in [-0.05, 0) is 25.4 Å². The molecule has 0 N–H and O–H groups in total. The average molecular weight is 148 g/mol. The van der Waals surface area contributed by atoms with Gasteiger partial charge in [-0.15, -0.1) is 11.6 Å². The lowest BCUT2D eigenvalue weighted by Gasteiger charge is -2.19. The number of rotatable bonds is 1. The van der Waals surface area contributed by atoms with Crippen molar-refractivity contribution in [1.82, 2.24) is 4.90 Å². The second-order valence-electron chi connectivity index (χ2n) is 3.43. The van der Waals surface area contributed by atoms with Crippen LogP contribution in [-0.4, -0.2) is 30.9 Å². The van der Waals surface area contributed by atoms with Gasteiger partial charge < -0.3 is 4.90 Å². The summed E-state index contributed by atoms with van der Waals surface area (Å²) < 4.78 is 0. The first kappa shape index (κ1) is 7.36. The highest BCUT2D eigenvalue weighted by Gasteiger charge is 2.30. The molecule has 0 saturated carbocycles. The molecule has 1 heterocycles. The lowest BCUT2D eigenvalue weighted by molar-refractivity contribution is 0.340. The highest BCUT2D eigenvalue weighted by atomic mass is 35.5. The number of hydrogen-bond donors (Lipinski definition) is 0. The van der Waals surface area contributed by atoms with Crippen LogP contribution in [0.5, 0.6) is 0 Å². The summed E-state index contributed by atoms with van der Waals surface area (Å²) >= 11 is 5.79. The van der Waals surface area contributed by atoms with Gasteiger partial charge in [0.2, 0.25) is 0 Å². The molecule has 0 amide bonds. The van der Waals surface area contributed by atoms with Crippen LogP contribution in [0.4, 0.5) is 0 Å². The summed E-state index contributed by atoms with van der Waals surface area (Å²) in [6, 6.07) is 0. The van der Waals surface area contributed by atoms with E-state index in [1.165, 1.54) is 13.0 Å². The van der Waals surface area contributed by atoms with E-state index in [2.05, 4.69) is 18.9 Å². The first-order valence-electron chi connectivity index (χ1n) is 3.41. The third kappa shape index (κ3) is 1.59. The largest absolute Gasteiger partial charge is 0.306 e. The molecule has 1 aliphatic rings. The van der Waals surface area contributed by atoms with Gasteiger partial charge in [0.05, 0.1) is 0 Å². The second-order valence-corrected chi connectivity index (χ2v) is 3.70. The SMILES string of the molecule is CN1CCC(C)(CCl)C1. The summed E-state index contributed by atoms with van der Waals surface area (Å²) in [5.41, 5.74) is 0.399. The molecule has 0 aliphatic carbocycles. The smallest absolute Gasteiger partial charge is 0.0290 e. The zero-order chi connectivity index (χ0) is 6.91. The van der Waals surface area contributed by atoms with E-state index in [-0.39, 0.29) is 0 Å². The summed E-state index contributed by atoms with van der Waals surface area (Å²) in [5, 5.41) is 0. The highest BCUT2D eigenvalue weighted by molar-refractivity contribution is 6.18. The van der Waals surface area contributed by atoms with E-state index < -0.39 is 0 Å². The summed E-state index contributed by atoms with van der Waals surface area (Å²) in [6.07, 6.45) is 1.26. The molecular formula is C7H14ClN. The Hall–Kier alpha value is 0.250. The summed E-state index contributed by atoms with van der Waals surface area (Å²) in [7, 11) is 2.15. The zero-order valence-corrected chi connectivity index (χ0v) is 6.91. The minimum Gasteiger partial charge on any atom is -0.306 e. The van der Waals surface area contributed by atoms with Gasteiger partial charge in [-0.2, -0.15) is 0 Å². The minimum absolute atomic E-state index is 0.399. The van der Waals surface area contributed by atoms with Crippen molar-refractivity contribution in [2.45, 2.75) is 13.3 Å². The van der Waals surface area contributed by atoms with Crippen molar-refractivity contribution < 1.29 is 0 Å². The van der Waals surface area contributed by atoms with Crippen LogP contribution in [0.2, 0.25) is 0 Å². The Bertz CT molecular complexity index is 105. The Labute approximate surface area is 62.0 Å². The number of alkyl halides is 1. The maximum absolute atomic E-state index is 5.79. The fourth-order valence-corrected chi connectivity index (χ4v) is 1.60. The van der Waals surface area contributed by atoms with Crippen LogP contribution in [0.1, 0.15) is 13.3 Å². The maximum Gasteiger partial charge on any atom is 0.0290 e. The number of nitrogens with zero attached hydrogens (tertiary/aromatic N) is 1. The summed E-state index contributed by atoms with van der Waals surface area (Å²) in [5.74, 6) is 0.803. The van der Waals surface area contributed by atoms with Crippen molar-refractivity contribution in [3.63, 3.8) is 0 Å². The first-order valence-corrected chi connectivity index (χ1v) is 3.94. The zero-order valence-electron chi connectivity index (χ0n) is 6.15. The topological polar surface area (TPSA) is 3.24 Å². The predicted molar refractivity (Wildman–Crippen MR) is 40.9 cm³/mol. The Balaban J connectivity index is 2.45. The van der Waals surface area contributed by atoms with Gasteiger partial charge in [-0.3, -0.25) is 0 Å². The van der Waals surface area contributed by atoms with E-state index >= 15 is 0 Å². The van der Waals surface area contributed by atoms with E-state index in [1.54, 1.807) is 0 Å². The van der Waals surface area contributed by atoms with Gasteiger partial charge in [-0.25, -0.2) is 0 Å². The van der Waals surface area contributed by atoms with Crippen LogP contribution in [0.3, 0.4) is 0 Å². The molecule has 1 rings (SSSR count). The molecule has 0 aromatic heterocycles.